The van der Waals surface area contributed by atoms with Gasteiger partial charge in [0, 0.05) is 12.2 Å². The first-order chi connectivity index (χ1) is 4.66. The highest BCUT2D eigenvalue weighted by molar-refractivity contribution is 9.11. The molecule has 0 aliphatic rings. The predicted molar refractivity (Wildman–Crippen MR) is 48.0 cm³/mol. The average molecular weight is 268 g/mol. The number of rotatable bonds is 1. The molecule has 0 fully saturated rings. The summed E-state index contributed by atoms with van der Waals surface area (Å²) < 4.78 is 3.89. The maximum absolute atomic E-state index is 4.18. The molecule has 0 saturated carbocycles. The third-order valence-corrected chi connectivity index (χ3v) is 2.79. The van der Waals surface area contributed by atoms with E-state index in [-0.39, 0.29) is 0 Å². The molecule has 4 heteroatoms. The van der Waals surface area contributed by atoms with Crippen molar-refractivity contribution >= 4 is 31.9 Å². The molecule has 1 aromatic rings. The van der Waals surface area contributed by atoms with E-state index in [1.807, 2.05) is 6.92 Å². The van der Waals surface area contributed by atoms with Gasteiger partial charge in [0.05, 0.1) is 0 Å². The molecular weight excluding hydrogens is 260 g/mol. The number of aromatic nitrogens is 2. The monoisotopic (exact) mass is 266 g/mol. The first-order valence-corrected chi connectivity index (χ1v) is 4.63. The zero-order chi connectivity index (χ0) is 7.72. The Morgan fingerprint density at radius 2 is 2.10 bits per heavy atom. The molecule has 10 heavy (non-hydrogen) atoms. The van der Waals surface area contributed by atoms with Crippen molar-refractivity contribution in [2.24, 2.45) is 0 Å². The molecule has 56 valence electrons. The predicted octanol–water partition coefficient (Wildman–Crippen LogP) is 2.74. The maximum Gasteiger partial charge on any atom is 0.178 e. The molecule has 0 radical (unpaired) electrons. The van der Waals surface area contributed by atoms with E-state index >= 15 is 0 Å². The van der Waals surface area contributed by atoms with Gasteiger partial charge in [-0.05, 0) is 45.7 Å². The molecule has 0 saturated heterocycles. The topological polar surface area (TPSA) is 17.8 Å². The van der Waals surface area contributed by atoms with Crippen LogP contribution >= 0.6 is 31.9 Å². The van der Waals surface area contributed by atoms with E-state index in [2.05, 4.69) is 48.3 Å². The standard InChI is InChI=1S/C6H8Br2N2/c1-3-10-4(2)5(7)9-6(10)8/h3H2,1-2H3. The molecule has 0 amide bonds. The molecule has 0 aliphatic carbocycles. The van der Waals surface area contributed by atoms with Crippen molar-refractivity contribution in [2.45, 2.75) is 20.4 Å². The highest BCUT2D eigenvalue weighted by Crippen LogP contribution is 2.20. The highest BCUT2D eigenvalue weighted by atomic mass is 79.9. The Bertz CT molecular complexity index is 242. The Hall–Kier alpha value is 0.170. The summed E-state index contributed by atoms with van der Waals surface area (Å²) in [4.78, 5) is 4.18. The van der Waals surface area contributed by atoms with Gasteiger partial charge in [0.2, 0.25) is 0 Å². The van der Waals surface area contributed by atoms with Crippen LogP contribution in [-0.4, -0.2) is 9.55 Å². The minimum atomic E-state index is 0.888. The van der Waals surface area contributed by atoms with Crippen LogP contribution < -0.4 is 0 Å². The van der Waals surface area contributed by atoms with Gasteiger partial charge in [-0.15, -0.1) is 0 Å². The van der Waals surface area contributed by atoms with E-state index in [4.69, 9.17) is 0 Å². The zero-order valence-electron chi connectivity index (χ0n) is 5.86. The average Bonchev–Trinajstić information content (AvgIpc) is 2.09. The molecule has 0 atom stereocenters. The van der Waals surface area contributed by atoms with Gasteiger partial charge in [0.15, 0.2) is 4.73 Å². The summed E-state index contributed by atoms with van der Waals surface area (Å²) in [7, 11) is 0. The summed E-state index contributed by atoms with van der Waals surface area (Å²) in [6.07, 6.45) is 0. The Morgan fingerprint density at radius 1 is 1.50 bits per heavy atom. The third-order valence-electron chi connectivity index (χ3n) is 1.43. The summed E-state index contributed by atoms with van der Waals surface area (Å²) in [6.45, 7) is 5.07. The fraction of sp³-hybridized carbons (Fsp3) is 0.500. The van der Waals surface area contributed by atoms with Crippen LogP contribution in [0.4, 0.5) is 0 Å². The van der Waals surface area contributed by atoms with Crippen LogP contribution in [0, 0.1) is 6.92 Å². The van der Waals surface area contributed by atoms with Gasteiger partial charge < -0.3 is 4.57 Å². The van der Waals surface area contributed by atoms with Gasteiger partial charge in [0.1, 0.15) is 4.60 Å². The first kappa shape index (κ1) is 8.27. The van der Waals surface area contributed by atoms with Crippen molar-refractivity contribution in [3.63, 3.8) is 0 Å². The second-order valence-electron chi connectivity index (χ2n) is 2.00. The van der Waals surface area contributed by atoms with E-state index in [1.54, 1.807) is 0 Å². The number of nitrogens with zero attached hydrogens (tertiary/aromatic N) is 2. The molecule has 0 unspecified atom stereocenters. The SMILES string of the molecule is CCn1c(Br)nc(Br)c1C. The van der Waals surface area contributed by atoms with E-state index in [1.165, 1.54) is 0 Å². The fourth-order valence-corrected chi connectivity index (χ4v) is 2.15. The van der Waals surface area contributed by atoms with Crippen LogP contribution in [0.3, 0.4) is 0 Å². The number of hydrogen-bond acceptors (Lipinski definition) is 1. The third kappa shape index (κ3) is 1.27. The molecular formula is C6H8Br2N2. The largest absolute Gasteiger partial charge is 0.322 e. The van der Waals surface area contributed by atoms with Crippen LogP contribution in [0.2, 0.25) is 0 Å². The minimum Gasteiger partial charge on any atom is -0.322 e. The molecule has 1 aromatic heterocycles. The van der Waals surface area contributed by atoms with Crippen molar-refractivity contribution < 1.29 is 0 Å². The maximum atomic E-state index is 4.18. The van der Waals surface area contributed by atoms with Crippen LogP contribution in [-0.2, 0) is 6.54 Å². The molecule has 0 spiro atoms. The molecule has 0 aliphatic heterocycles. The normalized spacial score (nSPS) is 10.4. The van der Waals surface area contributed by atoms with Gasteiger partial charge in [-0.1, -0.05) is 0 Å². The van der Waals surface area contributed by atoms with Crippen molar-refractivity contribution in [1.29, 1.82) is 0 Å². The first-order valence-electron chi connectivity index (χ1n) is 3.05. The van der Waals surface area contributed by atoms with Gasteiger partial charge >= 0.3 is 0 Å². The Labute approximate surface area is 76.9 Å². The summed E-state index contributed by atoms with van der Waals surface area (Å²) >= 11 is 6.70. The lowest BCUT2D eigenvalue weighted by Crippen LogP contribution is -1.96. The lowest BCUT2D eigenvalue weighted by molar-refractivity contribution is 0.718. The van der Waals surface area contributed by atoms with Gasteiger partial charge in [-0.3, -0.25) is 0 Å². The number of imidazole rings is 1. The van der Waals surface area contributed by atoms with Gasteiger partial charge in [0.25, 0.3) is 0 Å². The van der Waals surface area contributed by atoms with E-state index in [0.29, 0.717) is 0 Å². The summed E-state index contributed by atoms with van der Waals surface area (Å²) in [5.74, 6) is 0. The number of hydrogen-bond donors (Lipinski definition) is 0. The lowest BCUT2D eigenvalue weighted by atomic mass is 10.5. The van der Waals surface area contributed by atoms with Crippen molar-refractivity contribution in [3.05, 3.63) is 15.0 Å². The Balaban J connectivity index is 3.20. The lowest BCUT2D eigenvalue weighted by Gasteiger charge is -1.99. The molecule has 0 bridgehead atoms. The second-order valence-corrected chi connectivity index (χ2v) is 3.46. The van der Waals surface area contributed by atoms with Gasteiger partial charge in [-0.25, -0.2) is 4.98 Å². The molecule has 2 nitrogen and oxygen atoms in total. The fourth-order valence-electron chi connectivity index (χ4n) is 0.840. The summed E-state index contributed by atoms with van der Waals surface area (Å²) in [5.41, 5.74) is 1.16. The zero-order valence-corrected chi connectivity index (χ0v) is 9.03. The minimum absolute atomic E-state index is 0.888. The Morgan fingerprint density at radius 3 is 2.30 bits per heavy atom. The molecule has 1 rings (SSSR count). The van der Waals surface area contributed by atoms with Crippen molar-refractivity contribution in [2.75, 3.05) is 0 Å². The molecule has 0 N–H and O–H groups in total. The van der Waals surface area contributed by atoms with Crippen LogP contribution in [0.5, 0.6) is 0 Å². The smallest absolute Gasteiger partial charge is 0.178 e. The van der Waals surface area contributed by atoms with Crippen molar-refractivity contribution in [3.8, 4) is 0 Å². The van der Waals surface area contributed by atoms with Crippen molar-refractivity contribution in [1.82, 2.24) is 9.55 Å². The van der Waals surface area contributed by atoms with E-state index in [9.17, 15) is 0 Å². The van der Waals surface area contributed by atoms with Crippen LogP contribution in [0.15, 0.2) is 9.34 Å². The number of halogens is 2. The molecule has 0 aromatic carbocycles. The highest BCUT2D eigenvalue weighted by Gasteiger charge is 2.06. The van der Waals surface area contributed by atoms with Crippen LogP contribution in [0.25, 0.3) is 0 Å². The second kappa shape index (κ2) is 3.05. The molecule has 1 heterocycles. The van der Waals surface area contributed by atoms with Crippen LogP contribution in [0.1, 0.15) is 12.6 Å². The van der Waals surface area contributed by atoms with E-state index in [0.717, 1.165) is 21.6 Å². The van der Waals surface area contributed by atoms with Gasteiger partial charge in [-0.2, -0.15) is 0 Å². The summed E-state index contributed by atoms with van der Waals surface area (Å²) in [6, 6.07) is 0. The quantitative estimate of drug-likeness (QED) is 0.765. The Kier molecular flexibility index (Phi) is 2.52. The van der Waals surface area contributed by atoms with E-state index < -0.39 is 0 Å². The summed E-state index contributed by atoms with van der Waals surface area (Å²) in [5, 5.41) is 0.